The third kappa shape index (κ3) is 16.7. The molecule has 3 unspecified atom stereocenters. The molecule has 0 spiro atoms. The van der Waals surface area contributed by atoms with Crippen molar-refractivity contribution < 1.29 is 52.8 Å². The second-order valence-electron chi connectivity index (χ2n) is 4.65. The van der Waals surface area contributed by atoms with Gasteiger partial charge in [0.1, 0.15) is 12.2 Å². The van der Waals surface area contributed by atoms with E-state index in [2.05, 4.69) is 24.4 Å². The molecule has 1 heterocycles. The van der Waals surface area contributed by atoms with Gasteiger partial charge in [0, 0.05) is 5.92 Å². The molecule has 1 aliphatic rings. The van der Waals surface area contributed by atoms with Crippen LogP contribution in [0.2, 0.25) is 0 Å². The summed E-state index contributed by atoms with van der Waals surface area (Å²) in [4.78, 5) is 0. The van der Waals surface area contributed by atoms with Crippen LogP contribution in [0.25, 0.3) is 0 Å². The summed E-state index contributed by atoms with van der Waals surface area (Å²) in [5.74, 6) is 7.03. The van der Waals surface area contributed by atoms with Crippen LogP contribution in [0.5, 0.6) is 0 Å². The normalized spacial score (nSPS) is 22.8. The SMILES string of the molecule is CC#C[C@H](C)C(C)OS(=O)(=O)[O-].CC1OS(=O)(=O)OC1C.[C-]#CC.[Li+]. The van der Waals surface area contributed by atoms with Gasteiger partial charge in [0.15, 0.2) is 0 Å². The summed E-state index contributed by atoms with van der Waals surface area (Å²) < 4.78 is 64.2. The fraction of sp³-hybridized carbons (Fsp3) is 0.714. The van der Waals surface area contributed by atoms with Crippen LogP contribution in [0.1, 0.15) is 41.5 Å². The van der Waals surface area contributed by atoms with E-state index < -0.39 is 26.9 Å². The molecule has 8 nitrogen and oxygen atoms in total. The number of rotatable bonds is 3. The Hall–Kier alpha value is -0.543. The molecule has 0 aromatic carbocycles. The van der Waals surface area contributed by atoms with E-state index in [9.17, 15) is 21.4 Å². The maximum Gasteiger partial charge on any atom is 1.00 e. The smallest absolute Gasteiger partial charge is 0.726 e. The molecule has 0 N–H and O–H groups in total. The molecular formula is C14H22LiO8S2-. The van der Waals surface area contributed by atoms with Crippen LogP contribution < -0.4 is 18.9 Å². The van der Waals surface area contributed by atoms with Gasteiger partial charge in [-0.05, 0) is 41.5 Å². The van der Waals surface area contributed by atoms with Crippen LogP contribution in [0.15, 0.2) is 0 Å². The van der Waals surface area contributed by atoms with E-state index in [4.69, 9.17) is 6.42 Å². The first-order valence-corrected chi connectivity index (χ1v) is 9.47. The fourth-order valence-corrected chi connectivity index (χ4v) is 2.81. The Morgan fingerprint density at radius 2 is 1.52 bits per heavy atom. The largest absolute Gasteiger partial charge is 1.00 e. The molecule has 140 valence electrons. The van der Waals surface area contributed by atoms with Crippen LogP contribution in [0.3, 0.4) is 0 Å². The van der Waals surface area contributed by atoms with Crippen molar-refractivity contribution >= 4 is 20.8 Å². The molecule has 0 saturated carbocycles. The van der Waals surface area contributed by atoms with Gasteiger partial charge in [-0.25, -0.2) is 16.8 Å². The summed E-state index contributed by atoms with van der Waals surface area (Å²) in [5, 5.41) is 0. The zero-order valence-corrected chi connectivity index (χ0v) is 17.0. The van der Waals surface area contributed by atoms with Gasteiger partial charge in [0.25, 0.3) is 0 Å². The molecule has 0 radical (unpaired) electrons. The molecule has 1 saturated heterocycles. The zero-order chi connectivity index (χ0) is 19.6. The maximum absolute atomic E-state index is 10.4. The van der Waals surface area contributed by atoms with E-state index in [1.165, 1.54) is 6.92 Å². The predicted molar refractivity (Wildman–Crippen MR) is 85.7 cm³/mol. The molecule has 1 aliphatic heterocycles. The molecule has 1 rings (SSSR count). The van der Waals surface area contributed by atoms with Crippen molar-refractivity contribution in [3.05, 3.63) is 6.42 Å². The van der Waals surface area contributed by atoms with Crippen LogP contribution in [0.4, 0.5) is 0 Å². The van der Waals surface area contributed by atoms with Crippen LogP contribution in [-0.4, -0.2) is 39.7 Å². The topological polar surface area (TPSA) is 119 Å². The predicted octanol–water partition coefficient (Wildman–Crippen LogP) is -1.83. The van der Waals surface area contributed by atoms with Crippen molar-refractivity contribution in [1.29, 1.82) is 0 Å². The van der Waals surface area contributed by atoms with Gasteiger partial charge in [-0.3, -0.25) is 4.18 Å². The minimum absolute atomic E-state index is 0. The average Bonchev–Trinajstić information content (AvgIpc) is 2.60. The van der Waals surface area contributed by atoms with Gasteiger partial charge < -0.3 is 16.9 Å². The first-order chi connectivity index (χ1) is 10.8. The molecule has 4 atom stereocenters. The van der Waals surface area contributed by atoms with E-state index in [0.717, 1.165) is 0 Å². The monoisotopic (exact) mass is 389 g/mol. The Bertz CT molecular complexity index is 654. The average molecular weight is 389 g/mol. The summed E-state index contributed by atoms with van der Waals surface area (Å²) in [6, 6.07) is 0. The Labute approximate surface area is 163 Å². The molecule has 11 heteroatoms. The summed E-state index contributed by atoms with van der Waals surface area (Å²) in [6.07, 6.45) is 4.56. The van der Waals surface area contributed by atoms with Crippen LogP contribution in [0, 0.1) is 30.1 Å². The fourth-order valence-electron chi connectivity index (χ4n) is 1.17. The second kappa shape index (κ2) is 13.6. The first kappa shape index (κ1) is 29.2. The molecule has 0 amide bonds. The van der Waals surface area contributed by atoms with Crippen molar-refractivity contribution in [2.24, 2.45) is 5.92 Å². The Balaban J connectivity index is -0.000000330. The Morgan fingerprint density at radius 3 is 1.72 bits per heavy atom. The quantitative estimate of drug-likeness (QED) is 0.182. The van der Waals surface area contributed by atoms with Crippen molar-refractivity contribution in [2.75, 3.05) is 0 Å². The zero-order valence-electron chi connectivity index (χ0n) is 15.4. The third-order valence-electron chi connectivity index (χ3n) is 2.55. The minimum Gasteiger partial charge on any atom is -0.726 e. The molecule has 0 aromatic heterocycles. The molecule has 0 aliphatic carbocycles. The van der Waals surface area contributed by atoms with Gasteiger partial charge in [0.05, 0.1) is 6.10 Å². The number of hydrogen-bond acceptors (Lipinski definition) is 8. The van der Waals surface area contributed by atoms with E-state index in [1.807, 2.05) is 5.92 Å². The first-order valence-electron chi connectivity index (χ1n) is 6.81. The van der Waals surface area contributed by atoms with Gasteiger partial charge in [-0.15, -0.1) is 5.92 Å². The van der Waals surface area contributed by atoms with Crippen molar-refractivity contribution in [1.82, 2.24) is 0 Å². The minimum atomic E-state index is -4.60. The molecule has 0 aromatic rings. The van der Waals surface area contributed by atoms with Gasteiger partial charge in [-0.2, -0.15) is 8.42 Å². The maximum atomic E-state index is 10.4. The van der Waals surface area contributed by atoms with Crippen LogP contribution in [-0.2, 0) is 33.3 Å². The second-order valence-corrected chi connectivity index (χ2v) is 6.86. The summed E-state index contributed by atoms with van der Waals surface area (Å²) in [6.45, 7) is 9.65. The van der Waals surface area contributed by atoms with E-state index in [1.54, 1.807) is 34.6 Å². The van der Waals surface area contributed by atoms with E-state index >= 15 is 0 Å². The van der Waals surface area contributed by atoms with Gasteiger partial charge >= 0.3 is 29.3 Å². The standard InChI is InChI=1S/C7H12O4S.C4H8O4S.C3H3.Li/c1-4-5-6(2)7(3)11-12(8,9)10;1-3-4(2)8-9(5,6)7-3;1-3-2;/h6-7H,1-3H3,(H,8,9,10);3-4H,1-2H3;1H3;/q;;-1;+1/p-1/t6-,7?;;;/m0.../s1. The van der Waals surface area contributed by atoms with E-state index in [-0.39, 0.29) is 37.0 Å². The molecule has 25 heavy (non-hydrogen) atoms. The summed E-state index contributed by atoms with van der Waals surface area (Å²) >= 11 is 0. The van der Waals surface area contributed by atoms with Crippen LogP contribution >= 0.6 is 0 Å². The Kier molecular flexibility index (Phi) is 15.9. The molecular weight excluding hydrogens is 367 g/mol. The van der Waals surface area contributed by atoms with Gasteiger partial charge in [-0.1, -0.05) is 5.92 Å². The molecule has 1 fully saturated rings. The third-order valence-corrected chi connectivity index (χ3v) is 4.16. The molecule has 0 bridgehead atoms. The van der Waals surface area contributed by atoms with E-state index in [0.29, 0.717) is 0 Å². The number of hydrogen-bond donors (Lipinski definition) is 0. The van der Waals surface area contributed by atoms with Gasteiger partial charge in [0.2, 0.25) is 10.4 Å². The Morgan fingerprint density at radius 1 is 1.16 bits per heavy atom. The van der Waals surface area contributed by atoms with Crippen molar-refractivity contribution in [3.63, 3.8) is 0 Å². The summed E-state index contributed by atoms with van der Waals surface area (Å²) in [7, 11) is -8.25. The van der Waals surface area contributed by atoms with Crippen molar-refractivity contribution in [3.8, 4) is 17.8 Å². The summed E-state index contributed by atoms with van der Waals surface area (Å²) in [5.41, 5.74) is 0. The van der Waals surface area contributed by atoms with Crippen molar-refractivity contribution in [2.45, 2.75) is 59.9 Å².